The van der Waals surface area contributed by atoms with Gasteiger partial charge in [0.05, 0.1) is 6.61 Å². The molecule has 1 atom stereocenters. The van der Waals surface area contributed by atoms with Crippen LogP contribution in [0, 0.1) is 24.2 Å². The first-order valence-corrected chi connectivity index (χ1v) is 5.31. The van der Waals surface area contributed by atoms with Crippen molar-refractivity contribution in [1.29, 1.82) is 0 Å². The maximum absolute atomic E-state index is 11.3. The van der Waals surface area contributed by atoms with E-state index in [-0.39, 0.29) is 17.9 Å². The van der Waals surface area contributed by atoms with Crippen molar-refractivity contribution in [2.24, 2.45) is 11.8 Å². The third-order valence-electron chi connectivity index (χ3n) is 1.78. The Labute approximate surface area is 92.6 Å². The van der Waals surface area contributed by atoms with Crippen LogP contribution in [-0.4, -0.2) is 25.2 Å². The lowest BCUT2D eigenvalue weighted by Crippen LogP contribution is -2.39. The maximum Gasteiger partial charge on any atom is 0.223 e. The molecule has 0 aromatic heterocycles. The van der Waals surface area contributed by atoms with Gasteiger partial charge in [0.25, 0.3) is 0 Å². The van der Waals surface area contributed by atoms with E-state index in [9.17, 15) is 4.79 Å². The van der Waals surface area contributed by atoms with Gasteiger partial charge in [-0.1, -0.05) is 33.6 Å². The molecule has 0 aliphatic rings. The lowest BCUT2D eigenvalue weighted by atomic mass is 10.2. The van der Waals surface area contributed by atoms with Crippen molar-refractivity contribution in [3.05, 3.63) is 0 Å². The van der Waals surface area contributed by atoms with Gasteiger partial charge in [-0.3, -0.25) is 4.79 Å². The Bertz CT molecular complexity index is 228. The first kappa shape index (κ1) is 14.0. The molecule has 0 bridgehead atoms. The van der Waals surface area contributed by atoms with Crippen molar-refractivity contribution >= 4 is 5.91 Å². The highest BCUT2D eigenvalue weighted by Crippen LogP contribution is 1.96. The number of carbonyl (C=O) groups excluding carboxylic acids is 1. The first-order valence-electron chi connectivity index (χ1n) is 5.31. The Morgan fingerprint density at radius 3 is 2.33 bits per heavy atom. The number of amides is 1. The van der Waals surface area contributed by atoms with Gasteiger partial charge in [-0.05, 0) is 5.92 Å². The van der Waals surface area contributed by atoms with Gasteiger partial charge < -0.3 is 10.1 Å². The number of carbonyl (C=O) groups is 1. The average molecular weight is 211 g/mol. The summed E-state index contributed by atoms with van der Waals surface area (Å²) >= 11 is 0. The highest BCUT2D eigenvalue weighted by atomic mass is 16.5. The standard InChI is InChI=1S/C12H21NO2/c1-6-11(8-15-7-9(2)3)13-12(14)10(4)5/h1,9-11H,7-8H2,2-5H3,(H,13,14)/t11-/m0/s1. The molecule has 0 spiro atoms. The van der Waals surface area contributed by atoms with E-state index in [0.29, 0.717) is 19.1 Å². The number of hydrogen-bond acceptors (Lipinski definition) is 2. The number of nitrogens with one attached hydrogen (secondary N) is 1. The molecule has 0 radical (unpaired) electrons. The average Bonchev–Trinajstić information content (AvgIpc) is 2.15. The molecule has 0 unspecified atom stereocenters. The molecule has 0 fully saturated rings. The molecule has 3 heteroatoms. The molecule has 1 amide bonds. The van der Waals surface area contributed by atoms with Crippen molar-refractivity contribution in [3.63, 3.8) is 0 Å². The number of ether oxygens (including phenoxy) is 1. The zero-order chi connectivity index (χ0) is 11.8. The summed E-state index contributed by atoms with van der Waals surface area (Å²) in [4.78, 5) is 11.3. The second-order valence-electron chi connectivity index (χ2n) is 4.31. The van der Waals surface area contributed by atoms with Gasteiger partial charge >= 0.3 is 0 Å². The molecule has 15 heavy (non-hydrogen) atoms. The highest BCUT2D eigenvalue weighted by molar-refractivity contribution is 5.78. The highest BCUT2D eigenvalue weighted by Gasteiger charge is 2.12. The third kappa shape index (κ3) is 6.98. The predicted octanol–water partition coefficient (Wildman–Crippen LogP) is 1.43. The van der Waals surface area contributed by atoms with Crippen LogP contribution >= 0.6 is 0 Å². The van der Waals surface area contributed by atoms with Crippen molar-refractivity contribution < 1.29 is 9.53 Å². The lowest BCUT2D eigenvalue weighted by molar-refractivity contribution is -0.124. The minimum absolute atomic E-state index is 0.0360. The van der Waals surface area contributed by atoms with Crippen molar-refractivity contribution in [2.75, 3.05) is 13.2 Å². The normalized spacial score (nSPS) is 12.6. The fourth-order valence-corrected chi connectivity index (χ4v) is 0.891. The van der Waals surface area contributed by atoms with Crippen LogP contribution in [0.1, 0.15) is 27.7 Å². The van der Waals surface area contributed by atoms with Gasteiger partial charge in [0.2, 0.25) is 5.91 Å². The van der Waals surface area contributed by atoms with Gasteiger partial charge in [0.15, 0.2) is 0 Å². The maximum atomic E-state index is 11.3. The fourth-order valence-electron chi connectivity index (χ4n) is 0.891. The Hall–Kier alpha value is -1.01. The van der Waals surface area contributed by atoms with E-state index in [2.05, 4.69) is 25.1 Å². The monoisotopic (exact) mass is 211 g/mol. The van der Waals surface area contributed by atoms with Crippen LogP contribution in [0.5, 0.6) is 0 Å². The molecule has 0 aromatic rings. The summed E-state index contributed by atoms with van der Waals surface area (Å²) in [6.45, 7) is 8.84. The van der Waals surface area contributed by atoms with Gasteiger partial charge in [-0.25, -0.2) is 0 Å². The van der Waals surface area contributed by atoms with E-state index in [4.69, 9.17) is 11.2 Å². The van der Waals surface area contributed by atoms with Crippen LogP contribution in [0.4, 0.5) is 0 Å². The quantitative estimate of drug-likeness (QED) is 0.675. The van der Waals surface area contributed by atoms with Crippen LogP contribution in [0.25, 0.3) is 0 Å². The largest absolute Gasteiger partial charge is 0.378 e. The molecule has 0 rings (SSSR count). The molecule has 0 saturated heterocycles. The van der Waals surface area contributed by atoms with Crippen molar-refractivity contribution in [2.45, 2.75) is 33.7 Å². The summed E-state index contributed by atoms with van der Waals surface area (Å²) in [5.41, 5.74) is 0. The van der Waals surface area contributed by atoms with E-state index in [1.165, 1.54) is 0 Å². The lowest BCUT2D eigenvalue weighted by Gasteiger charge is -2.15. The third-order valence-corrected chi connectivity index (χ3v) is 1.78. The predicted molar refractivity (Wildman–Crippen MR) is 61.3 cm³/mol. The molecule has 1 N–H and O–H groups in total. The molecule has 0 aliphatic heterocycles. The molecule has 0 aliphatic carbocycles. The first-order chi connectivity index (χ1) is 6.97. The summed E-state index contributed by atoms with van der Waals surface area (Å²) in [5.74, 6) is 2.89. The van der Waals surface area contributed by atoms with Crippen LogP contribution in [-0.2, 0) is 9.53 Å². The molecular weight excluding hydrogens is 190 g/mol. The summed E-state index contributed by atoms with van der Waals surface area (Å²) < 4.78 is 5.37. The van der Waals surface area contributed by atoms with Crippen LogP contribution < -0.4 is 5.32 Å². The SMILES string of the molecule is C#C[C@@H](COCC(C)C)NC(=O)C(C)C. The zero-order valence-electron chi connectivity index (χ0n) is 10.0. The van der Waals surface area contributed by atoms with E-state index in [0.717, 1.165) is 0 Å². The summed E-state index contributed by atoms with van der Waals surface area (Å²) in [7, 11) is 0. The van der Waals surface area contributed by atoms with Crippen molar-refractivity contribution in [1.82, 2.24) is 5.32 Å². The summed E-state index contributed by atoms with van der Waals surface area (Å²) in [5, 5.41) is 2.74. The van der Waals surface area contributed by atoms with E-state index >= 15 is 0 Å². The number of hydrogen-bond donors (Lipinski definition) is 1. The molecule has 0 saturated carbocycles. The second-order valence-corrected chi connectivity index (χ2v) is 4.31. The Kier molecular flexibility index (Phi) is 6.81. The van der Waals surface area contributed by atoms with Crippen LogP contribution in [0.3, 0.4) is 0 Å². The summed E-state index contributed by atoms with van der Waals surface area (Å²) in [6, 6.07) is -0.321. The smallest absolute Gasteiger partial charge is 0.223 e. The number of rotatable bonds is 6. The molecule has 3 nitrogen and oxygen atoms in total. The van der Waals surface area contributed by atoms with Gasteiger partial charge in [-0.15, -0.1) is 6.42 Å². The van der Waals surface area contributed by atoms with Gasteiger partial charge in [0, 0.05) is 12.5 Å². The van der Waals surface area contributed by atoms with Crippen LogP contribution in [0.2, 0.25) is 0 Å². The second kappa shape index (κ2) is 7.30. The Balaban J connectivity index is 3.85. The van der Waals surface area contributed by atoms with E-state index in [1.807, 2.05) is 13.8 Å². The fraction of sp³-hybridized carbons (Fsp3) is 0.750. The van der Waals surface area contributed by atoms with Gasteiger partial charge in [0.1, 0.15) is 6.04 Å². The van der Waals surface area contributed by atoms with Crippen LogP contribution in [0.15, 0.2) is 0 Å². The van der Waals surface area contributed by atoms with E-state index < -0.39 is 0 Å². The Morgan fingerprint density at radius 2 is 1.93 bits per heavy atom. The topological polar surface area (TPSA) is 38.3 Å². The summed E-state index contributed by atoms with van der Waals surface area (Å²) in [6.07, 6.45) is 5.29. The molecule has 0 aromatic carbocycles. The number of terminal acetylenes is 1. The van der Waals surface area contributed by atoms with Gasteiger partial charge in [-0.2, -0.15) is 0 Å². The molecule has 86 valence electrons. The minimum Gasteiger partial charge on any atom is -0.378 e. The molecular formula is C12H21NO2. The van der Waals surface area contributed by atoms with E-state index in [1.54, 1.807) is 0 Å². The molecule has 0 heterocycles. The minimum atomic E-state index is -0.321. The zero-order valence-corrected chi connectivity index (χ0v) is 10.0. The Morgan fingerprint density at radius 1 is 1.33 bits per heavy atom. The van der Waals surface area contributed by atoms with Crippen molar-refractivity contribution in [3.8, 4) is 12.3 Å².